The smallest absolute Gasteiger partial charge is 0.410 e. The highest BCUT2D eigenvalue weighted by Gasteiger charge is 2.63. The van der Waals surface area contributed by atoms with Crippen LogP contribution in [-0.2, 0) is 14.9 Å². The summed E-state index contributed by atoms with van der Waals surface area (Å²) in [5.41, 5.74) is 1.79. The van der Waals surface area contributed by atoms with E-state index in [1.165, 1.54) is 11.3 Å². The van der Waals surface area contributed by atoms with Gasteiger partial charge in [-0.1, -0.05) is 18.2 Å². The van der Waals surface area contributed by atoms with Crippen molar-refractivity contribution in [3.63, 3.8) is 0 Å². The van der Waals surface area contributed by atoms with Crippen molar-refractivity contribution < 1.29 is 14.3 Å². The number of anilines is 1. The van der Waals surface area contributed by atoms with Gasteiger partial charge in [0.15, 0.2) is 0 Å². The Bertz CT molecular complexity index is 739. The predicted molar refractivity (Wildman–Crippen MR) is 95.9 cm³/mol. The fourth-order valence-electron chi connectivity index (χ4n) is 5.14. The maximum Gasteiger partial charge on any atom is 0.410 e. The Labute approximate surface area is 148 Å². The molecule has 1 aromatic carbocycles. The molecular formula is C20H26N2O3. The van der Waals surface area contributed by atoms with Gasteiger partial charge >= 0.3 is 6.09 Å². The lowest BCUT2D eigenvalue weighted by atomic mass is 9.64. The third kappa shape index (κ3) is 2.28. The molecule has 0 N–H and O–H groups in total. The molecule has 134 valence electrons. The first-order valence-electron chi connectivity index (χ1n) is 9.08. The van der Waals surface area contributed by atoms with Crippen molar-refractivity contribution in [1.29, 1.82) is 0 Å². The standard InChI is InChI=1S/C20H26N2O3/c1-19(2,3)25-18(24)22-10-9-20-14-7-5-6-8-15(14)21(4)16(20)11-13(23)12-17(20)22/h5-8,16-17H,9-12H2,1-4H3/t16-,17-,20-/m0/s1. The normalized spacial score (nSPS) is 30.8. The number of likely N-dealkylation sites (N-methyl/N-ethyl adjacent to an activating group) is 1. The Kier molecular flexibility index (Phi) is 3.44. The Hall–Kier alpha value is -2.04. The lowest BCUT2D eigenvalue weighted by molar-refractivity contribution is -0.123. The van der Waals surface area contributed by atoms with Crippen molar-refractivity contribution in [3.05, 3.63) is 29.8 Å². The van der Waals surface area contributed by atoms with E-state index in [-0.39, 0.29) is 29.4 Å². The number of para-hydroxylation sites is 1. The second-order valence-corrected chi connectivity index (χ2v) is 8.57. The molecule has 1 saturated carbocycles. The minimum Gasteiger partial charge on any atom is -0.444 e. The molecule has 5 nitrogen and oxygen atoms in total. The number of ether oxygens (including phenoxy) is 1. The molecule has 1 saturated heterocycles. The molecule has 0 unspecified atom stereocenters. The molecule has 1 aromatic rings. The van der Waals surface area contributed by atoms with Gasteiger partial charge in [0.2, 0.25) is 0 Å². The van der Waals surface area contributed by atoms with E-state index in [0.717, 1.165) is 6.42 Å². The van der Waals surface area contributed by atoms with Crippen LogP contribution in [0.2, 0.25) is 0 Å². The Morgan fingerprint density at radius 2 is 1.88 bits per heavy atom. The van der Waals surface area contributed by atoms with Gasteiger partial charge in [-0.25, -0.2) is 4.79 Å². The molecule has 2 heterocycles. The number of nitrogens with zero attached hydrogens (tertiary/aromatic N) is 2. The molecule has 2 aliphatic heterocycles. The van der Waals surface area contributed by atoms with Crippen LogP contribution in [0.3, 0.4) is 0 Å². The maximum absolute atomic E-state index is 12.8. The summed E-state index contributed by atoms with van der Waals surface area (Å²) in [4.78, 5) is 29.3. The van der Waals surface area contributed by atoms with E-state index >= 15 is 0 Å². The van der Waals surface area contributed by atoms with Crippen molar-refractivity contribution >= 4 is 17.6 Å². The van der Waals surface area contributed by atoms with Crippen LogP contribution in [0, 0.1) is 0 Å². The summed E-state index contributed by atoms with van der Waals surface area (Å²) >= 11 is 0. The van der Waals surface area contributed by atoms with Crippen LogP contribution in [0.25, 0.3) is 0 Å². The summed E-state index contributed by atoms with van der Waals surface area (Å²) in [6.07, 6.45) is 1.58. The van der Waals surface area contributed by atoms with E-state index in [2.05, 4.69) is 30.1 Å². The van der Waals surface area contributed by atoms with E-state index in [0.29, 0.717) is 19.4 Å². The molecule has 0 aromatic heterocycles. The summed E-state index contributed by atoms with van der Waals surface area (Å²) in [6, 6.07) is 8.42. The fourth-order valence-corrected chi connectivity index (χ4v) is 5.14. The number of amides is 1. The third-order valence-electron chi connectivity index (χ3n) is 6.05. The quantitative estimate of drug-likeness (QED) is 0.727. The topological polar surface area (TPSA) is 49.9 Å². The van der Waals surface area contributed by atoms with Crippen LogP contribution in [0.15, 0.2) is 24.3 Å². The largest absolute Gasteiger partial charge is 0.444 e. The molecule has 25 heavy (non-hydrogen) atoms. The SMILES string of the molecule is CN1c2ccccc2[C@]23CCN(C(=O)OC(C)(C)C)[C@H]2CC(=O)C[C@H]13. The molecule has 1 aliphatic carbocycles. The van der Waals surface area contributed by atoms with Gasteiger partial charge < -0.3 is 14.5 Å². The second-order valence-electron chi connectivity index (χ2n) is 8.57. The van der Waals surface area contributed by atoms with Crippen LogP contribution in [0.1, 0.15) is 45.6 Å². The van der Waals surface area contributed by atoms with E-state index < -0.39 is 5.60 Å². The van der Waals surface area contributed by atoms with E-state index in [1.54, 1.807) is 0 Å². The van der Waals surface area contributed by atoms with Gasteiger partial charge in [0.1, 0.15) is 11.4 Å². The number of hydrogen-bond acceptors (Lipinski definition) is 4. The zero-order chi connectivity index (χ0) is 18.0. The highest BCUT2D eigenvalue weighted by atomic mass is 16.6. The molecule has 2 fully saturated rings. The summed E-state index contributed by atoms with van der Waals surface area (Å²) in [5.74, 6) is 0.237. The minimum atomic E-state index is -0.532. The summed E-state index contributed by atoms with van der Waals surface area (Å²) in [7, 11) is 2.07. The van der Waals surface area contributed by atoms with Crippen molar-refractivity contribution in [2.75, 3.05) is 18.5 Å². The molecule has 3 atom stereocenters. The van der Waals surface area contributed by atoms with E-state index in [9.17, 15) is 9.59 Å². The number of likely N-dealkylation sites (tertiary alicyclic amines) is 1. The number of hydrogen-bond donors (Lipinski definition) is 0. The Balaban J connectivity index is 1.76. The van der Waals surface area contributed by atoms with Crippen molar-refractivity contribution in [2.45, 2.75) is 63.1 Å². The number of carbonyl (C=O) groups is 2. The molecule has 0 bridgehead atoms. The highest BCUT2D eigenvalue weighted by molar-refractivity contribution is 5.86. The van der Waals surface area contributed by atoms with E-state index in [4.69, 9.17) is 4.74 Å². The fraction of sp³-hybridized carbons (Fsp3) is 0.600. The van der Waals surface area contributed by atoms with Crippen LogP contribution in [0.4, 0.5) is 10.5 Å². The lowest BCUT2D eigenvalue weighted by Crippen LogP contribution is -2.57. The van der Waals surface area contributed by atoms with Crippen LogP contribution >= 0.6 is 0 Å². The molecule has 3 aliphatic rings. The monoisotopic (exact) mass is 342 g/mol. The third-order valence-corrected chi connectivity index (χ3v) is 6.05. The number of ketones is 1. The first-order chi connectivity index (χ1) is 11.7. The molecule has 4 rings (SSSR count). The number of benzene rings is 1. The van der Waals surface area contributed by atoms with Gasteiger partial charge in [-0.15, -0.1) is 0 Å². The zero-order valence-corrected chi connectivity index (χ0v) is 15.4. The minimum absolute atomic E-state index is 0.111. The Morgan fingerprint density at radius 3 is 2.60 bits per heavy atom. The van der Waals surface area contributed by atoms with Gasteiger partial charge in [-0.05, 0) is 38.8 Å². The number of rotatable bonds is 0. The second kappa shape index (κ2) is 5.23. The van der Waals surface area contributed by atoms with Gasteiger partial charge in [0.05, 0.1) is 6.04 Å². The number of carbonyl (C=O) groups excluding carboxylic acids is 2. The average molecular weight is 342 g/mol. The van der Waals surface area contributed by atoms with Crippen molar-refractivity contribution in [2.24, 2.45) is 0 Å². The first-order valence-corrected chi connectivity index (χ1v) is 9.08. The van der Waals surface area contributed by atoms with Crippen LogP contribution in [0.5, 0.6) is 0 Å². The average Bonchev–Trinajstić information content (AvgIpc) is 3.02. The number of Topliss-reactive ketones (excluding diaryl/α,β-unsaturated/α-hetero) is 1. The first kappa shape index (κ1) is 16.4. The highest BCUT2D eigenvalue weighted by Crippen LogP contribution is 2.57. The van der Waals surface area contributed by atoms with Gasteiger partial charge in [-0.3, -0.25) is 4.79 Å². The van der Waals surface area contributed by atoms with Gasteiger partial charge in [0, 0.05) is 43.6 Å². The summed E-state index contributed by atoms with van der Waals surface area (Å²) in [5, 5.41) is 0. The maximum atomic E-state index is 12.8. The predicted octanol–water partition coefficient (Wildman–Crippen LogP) is 3.12. The van der Waals surface area contributed by atoms with Crippen LogP contribution in [-0.4, -0.2) is 48.1 Å². The molecule has 0 radical (unpaired) electrons. The van der Waals surface area contributed by atoms with E-state index in [1.807, 2.05) is 31.7 Å². The van der Waals surface area contributed by atoms with Gasteiger partial charge in [-0.2, -0.15) is 0 Å². The van der Waals surface area contributed by atoms with Crippen molar-refractivity contribution in [3.8, 4) is 0 Å². The van der Waals surface area contributed by atoms with Crippen LogP contribution < -0.4 is 4.90 Å². The van der Waals surface area contributed by atoms with Gasteiger partial charge in [0.25, 0.3) is 0 Å². The summed E-state index contributed by atoms with van der Waals surface area (Å²) in [6.45, 7) is 6.28. The number of fused-ring (bicyclic) bond motifs is 1. The summed E-state index contributed by atoms with van der Waals surface area (Å²) < 4.78 is 5.63. The van der Waals surface area contributed by atoms with Crippen molar-refractivity contribution in [1.82, 2.24) is 4.90 Å². The molecular weight excluding hydrogens is 316 g/mol. The lowest BCUT2D eigenvalue weighted by Gasteiger charge is -2.44. The Morgan fingerprint density at radius 1 is 1.20 bits per heavy atom. The molecule has 1 spiro atoms. The molecule has 5 heteroatoms. The zero-order valence-electron chi connectivity index (χ0n) is 15.4. The molecule has 1 amide bonds.